The summed E-state index contributed by atoms with van der Waals surface area (Å²) in [5, 5.41) is 9.78. The highest BCUT2D eigenvalue weighted by molar-refractivity contribution is 6.13. The molecule has 3 rings (SSSR count). The number of para-hydroxylation sites is 1. The Kier molecular flexibility index (Phi) is 2.56. The van der Waals surface area contributed by atoms with Gasteiger partial charge in [-0.25, -0.2) is 4.68 Å². The highest BCUT2D eigenvalue weighted by Gasteiger charge is 2.25. The topological polar surface area (TPSA) is 76.0 Å². The van der Waals surface area contributed by atoms with Crippen LogP contribution >= 0.6 is 0 Å². The summed E-state index contributed by atoms with van der Waals surface area (Å²) in [6.45, 7) is 1.79. The second-order valence-electron chi connectivity index (χ2n) is 4.33. The van der Waals surface area contributed by atoms with Crippen LogP contribution in [-0.2, 0) is 9.59 Å². The maximum Gasteiger partial charge on any atom is 0.235 e. The smallest absolute Gasteiger partial charge is 0.235 e. The number of hydrogen-bond donors (Lipinski definition) is 2. The molecule has 6 nitrogen and oxygen atoms in total. The van der Waals surface area contributed by atoms with Gasteiger partial charge in [-0.3, -0.25) is 9.59 Å². The molecule has 2 N–H and O–H groups in total. The van der Waals surface area contributed by atoms with E-state index in [-0.39, 0.29) is 18.2 Å². The van der Waals surface area contributed by atoms with E-state index in [4.69, 9.17) is 0 Å². The van der Waals surface area contributed by atoms with Crippen LogP contribution < -0.4 is 10.6 Å². The standard InChI is InChI=1S/C13H12N4O2/c1-8-12-13(15-11(19)7-10(18)14-12)17(16-8)9-5-3-2-4-6-9/h2-6H,7H2,1H3,(H,14,18)(H,15,19). The quantitative estimate of drug-likeness (QED) is 0.758. The van der Waals surface area contributed by atoms with Crippen molar-refractivity contribution in [3.63, 3.8) is 0 Å². The molecule has 0 saturated carbocycles. The molecule has 0 atom stereocenters. The lowest BCUT2D eigenvalue weighted by Gasteiger charge is -2.07. The molecule has 0 bridgehead atoms. The van der Waals surface area contributed by atoms with E-state index < -0.39 is 0 Å². The molecule has 0 unspecified atom stereocenters. The first kappa shape index (κ1) is 11.5. The van der Waals surface area contributed by atoms with E-state index in [2.05, 4.69) is 15.7 Å². The minimum Gasteiger partial charge on any atom is -0.321 e. The summed E-state index contributed by atoms with van der Waals surface area (Å²) >= 11 is 0. The fraction of sp³-hybridized carbons (Fsp3) is 0.154. The largest absolute Gasteiger partial charge is 0.321 e. The fourth-order valence-corrected chi connectivity index (χ4v) is 2.05. The number of rotatable bonds is 1. The maximum absolute atomic E-state index is 11.6. The van der Waals surface area contributed by atoms with Gasteiger partial charge in [0.25, 0.3) is 0 Å². The zero-order valence-electron chi connectivity index (χ0n) is 10.3. The van der Waals surface area contributed by atoms with Gasteiger partial charge in [0.2, 0.25) is 11.8 Å². The van der Waals surface area contributed by atoms with Crippen molar-refractivity contribution < 1.29 is 9.59 Å². The second-order valence-corrected chi connectivity index (χ2v) is 4.33. The number of carbonyl (C=O) groups excluding carboxylic acids is 2. The Labute approximate surface area is 109 Å². The third kappa shape index (κ3) is 1.97. The van der Waals surface area contributed by atoms with Crippen molar-refractivity contribution >= 4 is 23.3 Å². The summed E-state index contributed by atoms with van der Waals surface area (Å²) in [6.07, 6.45) is -0.178. The minimum atomic E-state index is -0.340. The van der Waals surface area contributed by atoms with Crippen LogP contribution in [0, 0.1) is 6.92 Å². The van der Waals surface area contributed by atoms with Crippen LogP contribution in [0.2, 0.25) is 0 Å². The van der Waals surface area contributed by atoms with Gasteiger partial charge in [0.1, 0.15) is 12.1 Å². The summed E-state index contributed by atoms with van der Waals surface area (Å²) in [4.78, 5) is 23.2. The Morgan fingerprint density at radius 2 is 1.79 bits per heavy atom. The van der Waals surface area contributed by atoms with Crippen LogP contribution in [0.1, 0.15) is 12.1 Å². The van der Waals surface area contributed by atoms with E-state index in [1.807, 2.05) is 30.3 Å². The highest BCUT2D eigenvalue weighted by atomic mass is 16.2. The number of benzene rings is 1. The molecule has 0 fully saturated rings. The summed E-state index contributed by atoms with van der Waals surface area (Å²) in [7, 11) is 0. The number of fused-ring (bicyclic) bond motifs is 1. The van der Waals surface area contributed by atoms with Crippen LogP contribution in [-0.4, -0.2) is 21.6 Å². The molecule has 19 heavy (non-hydrogen) atoms. The van der Waals surface area contributed by atoms with Gasteiger partial charge in [-0.2, -0.15) is 5.10 Å². The van der Waals surface area contributed by atoms with Gasteiger partial charge >= 0.3 is 0 Å². The molecule has 1 aromatic carbocycles. The van der Waals surface area contributed by atoms with Gasteiger partial charge in [0.05, 0.1) is 11.4 Å². The maximum atomic E-state index is 11.6. The van der Waals surface area contributed by atoms with Crippen LogP contribution in [0.3, 0.4) is 0 Å². The molecule has 2 heterocycles. The van der Waals surface area contributed by atoms with Crippen molar-refractivity contribution in [2.45, 2.75) is 13.3 Å². The van der Waals surface area contributed by atoms with Crippen LogP contribution in [0.5, 0.6) is 0 Å². The van der Waals surface area contributed by atoms with Crippen LogP contribution in [0.4, 0.5) is 11.5 Å². The first-order valence-corrected chi connectivity index (χ1v) is 5.90. The zero-order chi connectivity index (χ0) is 13.4. The van der Waals surface area contributed by atoms with Crippen LogP contribution in [0.25, 0.3) is 5.69 Å². The summed E-state index contributed by atoms with van der Waals surface area (Å²) in [6, 6.07) is 9.43. The van der Waals surface area contributed by atoms with E-state index >= 15 is 0 Å². The molecule has 1 aliphatic heterocycles. The molecule has 1 aliphatic rings. The van der Waals surface area contributed by atoms with E-state index in [0.29, 0.717) is 17.2 Å². The Hall–Kier alpha value is -2.63. The number of hydrogen-bond acceptors (Lipinski definition) is 3. The third-order valence-electron chi connectivity index (χ3n) is 2.90. The molecular weight excluding hydrogens is 244 g/mol. The van der Waals surface area contributed by atoms with Crippen molar-refractivity contribution in [3.8, 4) is 5.69 Å². The summed E-state index contributed by atoms with van der Waals surface area (Å²) in [5.41, 5.74) is 2.04. The average Bonchev–Trinajstić information content (AvgIpc) is 2.59. The zero-order valence-corrected chi connectivity index (χ0v) is 10.3. The number of amides is 2. The van der Waals surface area contributed by atoms with Gasteiger partial charge < -0.3 is 10.6 Å². The van der Waals surface area contributed by atoms with Gasteiger partial charge in [-0.15, -0.1) is 0 Å². The van der Waals surface area contributed by atoms with E-state index in [0.717, 1.165) is 5.69 Å². The first-order chi connectivity index (χ1) is 9.15. The molecular formula is C13H12N4O2. The van der Waals surface area contributed by atoms with Gasteiger partial charge in [-0.1, -0.05) is 18.2 Å². The third-order valence-corrected chi connectivity index (χ3v) is 2.90. The lowest BCUT2D eigenvalue weighted by molar-refractivity contribution is -0.123. The highest BCUT2D eigenvalue weighted by Crippen LogP contribution is 2.30. The van der Waals surface area contributed by atoms with Crippen molar-refractivity contribution in [1.82, 2.24) is 9.78 Å². The fourth-order valence-electron chi connectivity index (χ4n) is 2.05. The number of anilines is 2. The molecule has 0 radical (unpaired) electrons. The SMILES string of the molecule is Cc1nn(-c2ccccc2)c2c1NC(=O)CC(=O)N2. The molecule has 2 aromatic rings. The predicted octanol–water partition coefficient (Wildman–Crippen LogP) is 1.46. The van der Waals surface area contributed by atoms with Gasteiger partial charge in [-0.05, 0) is 19.1 Å². The molecule has 2 amide bonds. The lowest BCUT2D eigenvalue weighted by atomic mass is 10.3. The van der Waals surface area contributed by atoms with E-state index in [1.165, 1.54) is 0 Å². The minimum absolute atomic E-state index is 0.178. The van der Waals surface area contributed by atoms with Gasteiger partial charge in [0.15, 0.2) is 5.82 Å². The average molecular weight is 256 g/mol. The molecule has 0 aliphatic carbocycles. The Morgan fingerprint density at radius 3 is 2.53 bits per heavy atom. The lowest BCUT2D eigenvalue weighted by Crippen LogP contribution is -2.17. The Bertz CT molecular complexity index is 661. The Balaban J connectivity index is 2.17. The number of aromatic nitrogens is 2. The van der Waals surface area contributed by atoms with Crippen molar-refractivity contribution in [2.75, 3.05) is 10.6 Å². The molecule has 6 heteroatoms. The molecule has 96 valence electrons. The second kappa shape index (κ2) is 4.24. The number of nitrogens with zero attached hydrogens (tertiary/aromatic N) is 2. The first-order valence-electron chi connectivity index (χ1n) is 5.90. The normalized spacial score (nSPS) is 14.4. The number of aryl methyl sites for hydroxylation is 1. The van der Waals surface area contributed by atoms with Crippen molar-refractivity contribution in [2.24, 2.45) is 0 Å². The summed E-state index contributed by atoms with van der Waals surface area (Å²) < 4.78 is 1.62. The van der Waals surface area contributed by atoms with Crippen molar-refractivity contribution in [1.29, 1.82) is 0 Å². The molecule has 0 spiro atoms. The predicted molar refractivity (Wildman–Crippen MR) is 70.2 cm³/mol. The van der Waals surface area contributed by atoms with Crippen molar-refractivity contribution in [3.05, 3.63) is 36.0 Å². The van der Waals surface area contributed by atoms with Crippen LogP contribution in [0.15, 0.2) is 30.3 Å². The Morgan fingerprint density at radius 1 is 1.11 bits per heavy atom. The van der Waals surface area contributed by atoms with Gasteiger partial charge in [0, 0.05) is 0 Å². The monoisotopic (exact) mass is 256 g/mol. The molecule has 0 saturated heterocycles. The van der Waals surface area contributed by atoms with E-state index in [9.17, 15) is 9.59 Å². The van der Waals surface area contributed by atoms with E-state index in [1.54, 1.807) is 11.6 Å². The number of carbonyl (C=O) groups is 2. The number of nitrogens with one attached hydrogen (secondary N) is 2. The molecule has 1 aromatic heterocycles. The summed E-state index contributed by atoms with van der Waals surface area (Å²) in [5.74, 6) is -0.167.